The van der Waals surface area contributed by atoms with Crippen molar-refractivity contribution in [3.05, 3.63) is 39.9 Å². The molecule has 0 unspecified atom stereocenters. The van der Waals surface area contributed by atoms with Gasteiger partial charge in [-0.3, -0.25) is 4.79 Å². The van der Waals surface area contributed by atoms with Crippen LogP contribution >= 0.6 is 23.2 Å². The van der Waals surface area contributed by atoms with E-state index in [9.17, 15) is 4.79 Å². The van der Waals surface area contributed by atoms with Gasteiger partial charge in [-0.15, -0.1) is 0 Å². The zero-order valence-electron chi connectivity index (χ0n) is 13.4. The van der Waals surface area contributed by atoms with Crippen molar-refractivity contribution >= 4 is 51.9 Å². The Balaban J connectivity index is 2.35. The standard InChI is InChI=1S/C16H16Cl2N4O2/c1-8-4-13(19)15(24-3)7-14(8)22-21-10-5-11(17)16(12(18)6-10)20-9(2)23/h4-7H,19H2,1-3H3,(H,20,23). The maximum absolute atomic E-state index is 11.1. The molecule has 0 heterocycles. The van der Waals surface area contributed by atoms with Gasteiger partial charge >= 0.3 is 0 Å². The molecule has 6 nitrogen and oxygen atoms in total. The largest absolute Gasteiger partial charge is 0.495 e. The minimum Gasteiger partial charge on any atom is -0.495 e. The number of rotatable bonds is 4. The van der Waals surface area contributed by atoms with Crippen molar-refractivity contribution in [2.24, 2.45) is 10.2 Å². The monoisotopic (exact) mass is 366 g/mol. The molecule has 0 atom stereocenters. The summed E-state index contributed by atoms with van der Waals surface area (Å²) in [5.41, 5.74) is 8.62. The number of azo groups is 1. The molecule has 0 spiro atoms. The number of ether oxygens (including phenoxy) is 1. The summed E-state index contributed by atoms with van der Waals surface area (Å²) in [6, 6.07) is 6.58. The number of hydrogen-bond acceptors (Lipinski definition) is 5. The molecule has 0 aliphatic rings. The molecule has 8 heteroatoms. The Morgan fingerprint density at radius 2 is 1.79 bits per heavy atom. The molecular weight excluding hydrogens is 351 g/mol. The number of nitrogens with zero attached hydrogens (tertiary/aromatic N) is 2. The van der Waals surface area contributed by atoms with Crippen LogP contribution in [-0.4, -0.2) is 13.0 Å². The van der Waals surface area contributed by atoms with Crippen molar-refractivity contribution in [2.75, 3.05) is 18.2 Å². The topological polar surface area (TPSA) is 89.1 Å². The van der Waals surface area contributed by atoms with E-state index in [1.165, 1.54) is 14.0 Å². The Morgan fingerprint density at radius 1 is 1.17 bits per heavy atom. The van der Waals surface area contributed by atoms with Crippen LogP contribution in [0.25, 0.3) is 0 Å². The first-order valence-electron chi connectivity index (χ1n) is 6.94. The van der Waals surface area contributed by atoms with E-state index < -0.39 is 0 Å². The Bertz CT molecular complexity index is 799. The number of carbonyl (C=O) groups excluding carboxylic acids is 1. The van der Waals surface area contributed by atoms with E-state index >= 15 is 0 Å². The molecule has 0 saturated heterocycles. The maximum atomic E-state index is 11.1. The van der Waals surface area contributed by atoms with Crippen molar-refractivity contribution < 1.29 is 9.53 Å². The van der Waals surface area contributed by atoms with Crippen LogP contribution in [0, 0.1) is 6.92 Å². The summed E-state index contributed by atoms with van der Waals surface area (Å²) in [4.78, 5) is 11.1. The van der Waals surface area contributed by atoms with Gasteiger partial charge in [0.2, 0.25) is 5.91 Å². The van der Waals surface area contributed by atoms with Gasteiger partial charge in [-0.05, 0) is 30.7 Å². The van der Waals surface area contributed by atoms with Crippen LogP contribution in [0.5, 0.6) is 5.75 Å². The number of nitrogens with two attached hydrogens (primary N) is 1. The molecule has 126 valence electrons. The van der Waals surface area contributed by atoms with Crippen LogP contribution in [0.4, 0.5) is 22.7 Å². The summed E-state index contributed by atoms with van der Waals surface area (Å²) in [6.45, 7) is 3.24. The summed E-state index contributed by atoms with van der Waals surface area (Å²) in [5.74, 6) is 0.254. The number of halogens is 2. The Kier molecular flexibility index (Phi) is 5.64. The van der Waals surface area contributed by atoms with Gasteiger partial charge in [-0.25, -0.2) is 0 Å². The zero-order valence-corrected chi connectivity index (χ0v) is 14.9. The minimum atomic E-state index is -0.266. The SMILES string of the molecule is COc1cc(N=Nc2cc(Cl)c(NC(C)=O)c(Cl)c2)c(C)cc1N. The normalized spacial score (nSPS) is 10.9. The molecule has 3 N–H and O–H groups in total. The molecule has 0 saturated carbocycles. The summed E-state index contributed by atoms with van der Waals surface area (Å²) in [5, 5.41) is 11.4. The Morgan fingerprint density at radius 3 is 2.33 bits per heavy atom. The highest BCUT2D eigenvalue weighted by atomic mass is 35.5. The number of methoxy groups -OCH3 is 1. The van der Waals surface area contributed by atoms with Crippen LogP contribution in [0.3, 0.4) is 0 Å². The number of benzene rings is 2. The van der Waals surface area contributed by atoms with Crippen LogP contribution in [-0.2, 0) is 4.79 Å². The fraction of sp³-hybridized carbons (Fsp3) is 0.188. The second-order valence-electron chi connectivity index (χ2n) is 5.05. The van der Waals surface area contributed by atoms with Gasteiger partial charge in [-0.1, -0.05) is 23.2 Å². The van der Waals surface area contributed by atoms with Crippen molar-refractivity contribution in [2.45, 2.75) is 13.8 Å². The second kappa shape index (κ2) is 7.51. The third kappa shape index (κ3) is 4.15. The van der Waals surface area contributed by atoms with Gasteiger partial charge < -0.3 is 15.8 Å². The van der Waals surface area contributed by atoms with E-state index in [1.807, 2.05) is 6.92 Å². The highest BCUT2D eigenvalue weighted by Crippen LogP contribution is 2.36. The van der Waals surface area contributed by atoms with E-state index in [2.05, 4.69) is 15.5 Å². The van der Waals surface area contributed by atoms with Gasteiger partial charge in [0, 0.05) is 13.0 Å². The average Bonchev–Trinajstić information content (AvgIpc) is 2.50. The first-order valence-corrected chi connectivity index (χ1v) is 7.70. The molecule has 0 aliphatic carbocycles. The Hall–Kier alpha value is -2.31. The first kappa shape index (κ1) is 18.0. The molecular formula is C16H16Cl2N4O2. The number of amides is 1. The third-order valence-electron chi connectivity index (χ3n) is 3.15. The fourth-order valence-corrected chi connectivity index (χ4v) is 2.58. The fourth-order valence-electron chi connectivity index (χ4n) is 2.01. The lowest BCUT2D eigenvalue weighted by Crippen LogP contribution is -2.06. The van der Waals surface area contributed by atoms with E-state index in [-0.39, 0.29) is 16.0 Å². The molecule has 2 rings (SSSR count). The summed E-state index contributed by atoms with van der Waals surface area (Å²) >= 11 is 12.2. The van der Waals surface area contributed by atoms with Gasteiger partial charge in [0.25, 0.3) is 0 Å². The lowest BCUT2D eigenvalue weighted by molar-refractivity contribution is -0.114. The minimum absolute atomic E-state index is 0.266. The molecule has 0 radical (unpaired) electrons. The van der Waals surface area contributed by atoms with Gasteiger partial charge in [0.05, 0.1) is 39.9 Å². The lowest BCUT2D eigenvalue weighted by atomic mass is 10.1. The number of nitrogens with one attached hydrogen (secondary N) is 1. The average molecular weight is 367 g/mol. The lowest BCUT2D eigenvalue weighted by Gasteiger charge is -2.09. The highest BCUT2D eigenvalue weighted by molar-refractivity contribution is 6.40. The molecule has 24 heavy (non-hydrogen) atoms. The quantitative estimate of drug-likeness (QED) is 0.570. The zero-order chi connectivity index (χ0) is 17.9. The van der Waals surface area contributed by atoms with Gasteiger partial charge in [0.1, 0.15) is 5.75 Å². The highest BCUT2D eigenvalue weighted by Gasteiger charge is 2.10. The number of anilines is 2. The molecule has 0 aliphatic heterocycles. The Labute approximate surface area is 149 Å². The van der Waals surface area contributed by atoms with Crippen molar-refractivity contribution in [3.8, 4) is 5.75 Å². The van der Waals surface area contributed by atoms with Crippen molar-refractivity contribution in [3.63, 3.8) is 0 Å². The second-order valence-corrected chi connectivity index (χ2v) is 5.86. The van der Waals surface area contributed by atoms with E-state index in [4.69, 9.17) is 33.7 Å². The first-order chi connectivity index (χ1) is 11.3. The van der Waals surface area contributed by atoms with Crippen molar-refractivity contribution in [1.29, 1.82) is 0 Å². The number of carbonyl (C=O) groups is 1. The summed E-state index contributed by atoms with van der Waals surface area (Å²) < 4.78 is 5.17. The van der Waals surface area contributed by atoms with Crippen LogP contribution in [0.1, 0.15) is 12.5 Å². The maximum Gasteiger partial charge on any atom is 0.221 e. The molecule has 2 aromatic carbocycles. The van der Waals surface area contributed by atoms with E-state index in [1.54, 1.807) is 24.3 Å². The van der Waals surface area contributed by atoms with Crippen LogP contribution < -0.4 is 15.8 Å². The third-order valence-corrected chi connectivity index (χ3v) is 3.75. The predicted molar refractivity (Wildman–Crippen MR) is 97.1 cm³/mol. The smallest absolute Gasteiger partial charge is 0.221 e. The van der Waals surface area contributed by atoms with Crippen molar-refractivity contribution in [1.82, 2.24) is 0 Å². The molecule has 0 aromatic heterocycles. The van der Waals surface area contributed by atoms with Crippen LogP contribution in [0.15, 0.2) is 34.5 Å². The summed E-state index contributed by atoms with van der Waals surface area (Å²) in [6.07, 6.45) is 0. The van der Waals surface area contributed by atoms with Gasteiger partial charge in [-0.2, -0.15) is 10.2 Å². The number of nitrogen functional groups attached to an aromatic ring is 1. The number of aryl methyl sites for hydroxylation is 1. The van der Waals surface area contributed by atoms with E-state index in [0.717, 1.165) is 5.56 Å². The molecule has 2 aromatic rings. The van der Waals surface area contributed by atoms with E-state index in [0.29, 0.717) is 28.5 Å². The molecule has 0 fully saturated rings. The van der Waals surface area contributed by atoms with Gasteiger partial charge in [0.15, 0.2) is 0 Å². The molecule has 1 amide bonds. The summed E-state index contributed by atoms with van der Waals surface area (Å²) in [7, 11) is 1.53. The molecule has 0 bridgehead atoms. The van der Waals surface area contributed by atoms with Crippen LogP contribution in [0.2, 0.25) is 10.0 Å². The number of hydrogen-bond donors (Lipinski definition) is 2. The predicted octanol–water partition coefficient (Wildman–Crippen LogP) is 5.27.